The fourth-order valence-corrected chi connectivity index (χ4v) is 1.17. The molecule has 0 bridgehead atoms. The van der Waals surface area contributed by atoms with Crippen LogP contribution in [-0.2, 0) is 9.47 Å². The molecule has 0 saturated carbocycles. The van der Waals surface area contributed by atoms with Crippen molar-refractivity contribution in [3.63, 3.8) is 0 Å². The first kappa shape index (κ1) is 10.8. The molecular weight excluding hydrogens is 180 g/mol. The van der Waals surface area contributed by atoms with Crippen LogP contribution in [0, 0.1) is 0 Å². The summed E-state index contributed by atoms with van der Waals surface area (Å²) in [6.07, 6.45) is -4.23. The van der Waals surface area contributed by atoms with E-state index < -0.39 is 37.6 Å². The van der Waals surface area contributed by atoms with Gasteiger partial charge in [0.05, 0.1) is 13.2 Å². The third kappa shape index (κ3) is 2.37. The van der Waals surface area contributed by atoms with E-state index >= 15 is 0 Å². The second-order valence-corrected chi connectivity index (χ2v) is 2.87. The van der Waals surface area contributed by atoms with Gasteiger partial charge in [-0.3, -0.25) is 0 Å². The monoisotopic (exact) mass is 194 g/mol. The smallest absolute Gasteiger partial charge is 0.147 e. The molecule has 4 atom stereocenters. The first-order valence-corrected chi connectivity index (χ1v) is 4.01. The summed E-state index contributed by atoms with van der Waals surface area (Å²) in [4.78, 5) is 0. The SMILES string of the molecule is OC[C@@H]1OCO[C@H](CO)[C@H](O)[C@@H]1O. The first-order chi connectivity index (χ1) is 6.20. The lowest BCUT2D eigenvalue weighted by molar-refractivity contribution is -0.123. The molecule has 13 heavy (non-hydrogen) atoms. The lowest BCUT2D eigenvalue weighted by atomic mass is 10.0. The maximum absolute atomic E-state index is 9.39. The summed E-state index contributed by atoms with van der Waals surface area (Å²) in [5.41, 5.74) is 0. The third-order valence-corrected chi connectivity index (χ3v) is 2.04. The summed E-state index contributed by atoms with van der Waals surface area (Å²) in [5.74, 6) is 0. The molecule has 1 saturated heterocycles. The van der Waals surface area contributed by atoms with Crippen LogP contribution in [0.2, 0.25) is 0 Å². The molecule has 0 unspecified atom stereocenters. The Labute approximate surface area is 75.3 Å². The lowest BCUT2D eigenvalue weighted by Crippen LogP contribution is -2.45. The number of hydrogen-bond acceptors (Lipinski definition) is 6. The Morgan fingerprint density at radius 1 is 0.923 bits per heavy atom. The molecule has 1 fully saturated rings. The van der Waals surface area contributed by atoms with Crippen LogP contribution in [0.15, 0.2) is 0 Å². The molecule has 4 N–H and O–H groups in total. The molecule has 6 heteroatoms. The number of hydrogen-bond donors (Lipinski definition) is 4. The van der Waals surface area contributed by atoms with Gasteiger partial charge >= 0.3 is 0 Å². The summed E-state index contributed by atoms with van der Waals surface area (Å²) in [6, 6.07) is 0. The summed E-state index contributed by atoms with van der Waals surface area (Å²) in [6.45, 7) is -0.968. The Balaban J connectivity index is 2.61. The van der Waals surface area contributed by atoms with Crippen LogP contribution in [0.25, 0.3) is 0 Å². The predicted molar refractivity (Wildman–Crippen MR) is 40.8 cm³/mol. The van der Waals surface area contributed by atoms with E-state index in [1.807, 2.05) is 0 Å². The second kappa shape index (κ2) is 4.85. The van der Waals surface area contributed by atoms with Crippen LogP contribution < -0.4 is 0 Å². The van der Waals surface area contributed by atoms with Crippen molar-refractivity contribution in [3.8, 4) is 0 Å². The molecule has 0 aromatic heterocycles. The zero-order valence-electron chi connectivity index (χ0n) is 7.04. The highest BCUT2D eigenvalue weighted by Crippen LogP contribution is 2.14. The summed E-state index contributed by atoms with van der Waals surface area (Å²) >= 11 is 0. The summed E-state index contributed by atoms with van der Waals surface area (Å²) in [7, 11) is 0. The molecule has 0 aromatic rings. The Hall–Kier alpha value is -0.240. The number of aliphatic hydroxyl groups is 4. The average molecular weight is 194 g/mol. The van der Waals surface area contributed by atoms with Crippen LogP contribution in [0.5, 0.6) is 0 Å². The average Bonchev–Trinajstić information content (AvgIpc) is 2.28. The van der Waals surface area contributed by atoms with E-state index in [0.717, 1.165) is 0 Å². The van der Waals surface area contributed by atoms with Gasteiger partial charge in [0.2, 0.25) is 0 Å². The van der Waals surface area contributed by atoms with Gasteiger partial charge in [0.25, 0.3) is 0 Å². The maximum Gasteiger partial charge on any atom is 0.147 e. The molecule has 1 aliphatic rings. The van der Waals surface area contributed by atoms with E-state index in [0.29, 0.717) is 0 Å². The third-order valence-electron chi connectivity index (χ3n) is 2.04. The fourth-order valence-electron chi connectivity index (χ4n) is 1.17. The summed E-state index contributed by atoms with van der Waals surface area (Å²) < 4.78 is 9.75. The van der Waals surface area contributed by atoms with Crippen molar-refractivity contribution in [2.45, 2.75) is 24.4 Å². The van der Waals surface area contributed by atoms with Crippen molar-refractivity contribution in [3.05, 3.63) is 0 Å². The Kier molecular flexibility index (Phi) is 4.04. The van der Waals surface area contributed by atoms with Gasteiger partial charge in [0.15, 0.2) is 0 Å². The molecule has 78 valence electrons. The topological polar surface area (TPSA) is 99.4 Å². The minimum absolute atomic E-state index is 0.162. The standard InChI is InChI=1S/C7H14O6/c8-1-4-6(10)7(11)5(2-9)13-3-12-4/h4-11H,1-3H2/t4-,5+,6+,7-. The highest BCUT2D eigenvalue weighted by atomic mass is 16.7. The molecule has 6 nitrogen and oxygen atoms in total. The van der Waals surface area contributed by atoms with Gasteiger partial charge in [0, 0.05) is 0 Å². The first-order valence-electron chi connectivity index (χ1n) is 4.01. The zero-order chi connectivity index (χ0) is 9.84. The Morgan fingerprint density at radius 2 is 1.31 bits per heavy atom. The molecule has 0 aliphatic carbocycles. The van der Waals surface area contributed by atoms with E-state index in [-0.39, 0.29) is 6.79 Å². The largest absolute Gasteiger partial charge is 0.394 e. The van der Waals surface area contributed by atoms with E-state index in [9.17, 15) is 10.2 Å². The van der Waals surface area contributed by atoms with E-state index in [1.54, 1.807) is 0 Å². The number of ether oxygens (including phenoxy) is 2. The summed E-state index contributed by atoms with van der Waals surface area (Å²) in [5, 5.41) is 36.3. The van der Waals surface area contributed by atoms with Crippen LogP contribution in [0.4, 0.5) is 0 Å². The number of aliphatic hydroxyl groups excluding tert-OH is 4. The van der Waals surface area contributed by atoms with Crippen molar-refractivity contribution in [1.82, 2.24) is 0 Å². The van der Waals surface area contributed by atoms with E-state index in [1.165, 1.54) is 0 Å². The van der Waals surface area contributed by atoms with Gasteiger partial charge in [0.1, 0.15) is 31.2 Å². The minimum atomic E-state index is -1.25. The molecule has 1 aliphatic heterocycles. The van der Waals surface area contributed by atoms with Gasteiger partial charge in [-0.2, -0.15) is 0 Å². The Bertz CT molecular complexity index is 136. The predicted octanol–water partition coefficient (Wildman–Crippen LogP) is -2.57. The van der Waals surface area contributed by atoms with Crippen molar-refractivity contribution in [1.29, 1.82) is 0 Å². The molecule has 0 spiro atoms. The van der Waals surface area contributed by atoms with Crippen molar-refractivity contribution < 1.29 is 29.9 Å². The zero-order valence-corrected chi connectivity index (χ0v) is 7.04. The highest BCUT2D eigenvalue weighted by molar-refractivity contribution is 4.83. The normalized spacial score (nSPS) is 41.5. The van der Waals surface area contributed by atoms with E-state index in [4.69, 9.17) is 19.7 Å². The van der Waals surface area contributed by atoms with Crippen LogP contribution in [-0.4, -0.2) is 64.8 Å². The second-order valence-electron chi connectivity index (χ2n) is 2.87. The molecule has 1 heterocycles. The molecule has 0 radical (unpaired) electrons. The molecule has 0 amide bonds. The van der Waals surface area contributed by atoms with Gasteiger partial charge < -0.3 is 29.9 Å². The lowest BCUT2D eigenvalue weighted by Gasteiger charge is -2.23. The van der Waals surface area contributed by atoms with Gasteiger partial charge in [-0.15, -0.1) is 0 Å². The molecule has 0 aromatic carbocycles. The van der Waals surface area contributed by atoms with Gasteiger partial charge in [-0.05, 0) is 0 Å². The number of rotatable bonds is 2. The van der Waals surface area contributed by atoms with Crippen LogP contribution >= 0.6 is 0 Å². The van der Waals surface area contributed by atoms with Crippen molar-refractivity contribution in [2.75, 3.05) is 20.0 Å². The van der Waals surface area contributed by atoms with Crippen molar-refractivity contribution >= 4 is 0 Å². The molecular formula is C7H14O6. The van der Waals surface area contributed by atoms with E-state index in [2.05, 4.69) is 0 Å². The van der Waals surface area contributed by atoms with Gasteiger partial charge in [-0.25, -0.2) is 0 Å². The maximum atomic E-state index is 9.39. The minimum Gasteiger partial charge on any atom is -0.394 e. The van der Waals surface area contributed by atoms with Gasteiger partial charge in [-0.1, -0.05) is 0 Å². The quantitative estimate of drug-likeness (QED) is 0.386. The molecule has 1 rings (SSSR count). The van der Waals surface area contributed by atoms with Crippen molar-refractivity contribution in [2.24, 2.45) is 0 Å². The van der Waals surface area contributed by atoms with Crippen LogP contribution in [0.3, 0.4) is 0 Å². The van der Waals surface area contributed by atoms with Crippen LogP contribution in [0.1, 0.15) is 0 Å². The fraction of sp³-hybridized carbons (Fsp3) is 1.00. The highest BCUT2D eigenvalue weighted by Gasteiger charge is 2.35. The Morgan fingerprint density at radius 3 is 1.62 bits per heavy atom.